The number of nitrogens with zero attached hydrogens (tertiary/aromatic N) is 1. The SMILES string of the molecule is CCC(C)N(C)CCNC1CC(c2ccc(C)cc2)C1. The van der Waals surface area contributed by atoms with Crippen LogP contribution in [0.3, 0.4) is 0 Å². The molecule has 1 saturated carbocycles. The highest BCUT2D eigenvalue weighted by atomic mass is 15.1. The minimum absolute atomic E-state index is 0.693. The first kappa shape index (κ1) is 15.5. The van der Waals surface area contributed by atoms with Gasteiger partial charge < -0.3 is 10.2 Å². The lowest BCUT2D eigenvalue weighted by Crippen LogP contribution is -2.44. The molecule has 112 valence electrons. The summed E-state index contributed by atoms with van der Waals surface area (Å²) < 4.78 is 0. The number of benzene rings is 1. The zero-order chi connectivity index (χ0) is 14.5. The van der Waals surface area contributed by atoms with Gasteiger partial charge in [0.05, 0.1) is 0 Å². The highest BCUT2D eigenvalue weighted by molar-refractivity contribution is 5.26. The number of aryl methyl sites for hydroxylation is 1. The number of nitrogens with one attached hydrogen (secondary N) is 1. The lowest BCUT2D eigenvalue weighted by Gasteiger charge is -2.37. The van der Waals surface area contributed by atoms with E-state index in [-0.39, 0.29) is 0 Å². The quantitative estimate of drug-likeness (QED) is 0.818. The molecule has 1 aliphatic carbocycles. The van der Waals surface area contributed by atoms with Crippen LogP contribution in [0.2, 0.25) is 0 Å². The van der Waals surface area contributed by atoms with Gasteiger partial charge in [0.25, 0.3) is 0 Å². The van der Waals surface area contributed by atoms with Crippen molar-refractivity contribution >= 4 is 0 Å². The van der Waals surface area contributed by atoms with Crippen LogP contribution in [-0.2, 0) is 0 Å². The van der Waals surface area contributed by atoms with Gasteiger partial charge in [-0.05, 0) is 51.6 Å². The minimum Gasteiger partial charge on any atom is -0.313 e. The molecular weight excluding hydrogens is 244 g/mol. The van der Waals surface area contributed by atoms with Gasteiger partial charge in [-0.15, -0.1) is 0 Å². The second-order valence-electron chi connectivity index (χ2n) is 6.47. The van der Waals surface area contributed by atoms with Gasteiger partial charge in [-0.2, -0.15) is 0 Å². The smallest absolute Gasteiger partial charge is 0.0107 e. The van der Waals surface area contributed by atoms with Crippen LogP contribution >= 0.6 is 0 Å². The Hall–Kier alpha value is -0.860. The van der Waals surface area contributed by atoms with Gasteiger partial charge in [-0.1, -0.05) is 36.8 Å². The summed E-state index contributed by atoms with van der Waals surface area (Å²) in [5.74, 6) is 0.778. The number of hydrogen-bond donors (Lipinski definition) is 1. The van der Waals surface area contributed by atoms with Crippen molar-refractivity contribution in [1.29, 1.82) is 0 Å². The summed E-state index contributed by atoms with van der Waals surface area (Å²) >= 11 is 0. The molecule has 0 aromatic heterocycles. The van der Waals surface area contributed by atoms with Crippen molar-refractivity contribution in [2.24, 2.45) is 0 Å². The fraction of sp³-hybridized carbons (Fsp3) is 0.667. The van der Waals surface area contributed by atoms with E-state index in [4.69, 9.17) is 0 Å². The summed E-state index contributed by atoms with van der Waals surface area (Å²) in [4.78, 5) is 2.45. The maximum absolute atomic E-state index is 3.70. The molecule has 1 N–H and O–H groups in total. The first-order valence-corrected chi connectivity index (χ1v) is 8.10. The third-order valence-corrected chi connectivity index (χ3v) is 4.93. The van der Waals surface area contributed by atoms with Crippen molar-refractivity contribution in [3.8, 4) is 0 Å². The molecule has 1 aliphatic rings. The zero-order valence-corrected chi connectivity index (χ0v) is 13.5. The van der Waals surface area contributed by atoms with Crippen LogP contribution in [0.15, 0.2) is 24.3 Å². The number of rotatable bonds is 7. The van der Waals surface area contributed by atoms with Crippen LogP contribution < -0.4 is 5.32 Å². The minimum atomic E-state index is 0.693. The third kappa shape index (κ3) is 4.07. The van der Waals surface area contributed by atoms with E-state index in [1.165, 1.54) is 30.4 Å². The zero-order valence-electron chi connectivity index (χ0n) is 13.5. The van der Waals surface area contributed by atoms with E-state index in [9.17, 15) is 0 Å². The van der Waals surface area contributed by atoms with Crippen LogP contribution in [0.4, 0.5) is 0 Å². The molecule has 0 amide bonds. The molecule has 1 aromatic carbocycles. The molecule has 0 aliphatic heterocycles. The summed E-state index contributed by atoms with van der Waals surface area (Å²) in [7, 11) is 2.23. The van der Waals surface area contributed by atoms with Crippen molar-refractivity contribution in [3.63, 3.8) is 0 Å². The Morgan fingerprint density at radius 2 is 1.90 bits per heavy atom. The van der Waals surface area contributed by atoms with Crippen LogP contribution in [0.1, 0.15) is 50.2 Å². The lowest BCUT2D eigenvalue weighted by molar-refractivity contribution is 0.230. The molecule has 2 rings (SSSR count). The maximum Gasteiger partial charge on any atom is 0.0107 e. The van der Waals surface area contributed by atoms with E-state index < -0.39 is 0 Å². The summed E-state index contributed by atoms with van der Waals surface area (Å²) in [6, 6.07) is 10.5. The van der Waals surface area contributed by atoms with Gasteiger partial charge in [0.1, 0.15) is 0 Å². The van der Waals surface area contributed by atoms with E-state index in [0.29, 0.717) is 6.04 Å². The van der Waals surface area contributed by atoms with E-state index in [0.717, 1.165) is 25.0 Å². The second kappa shape index (κ2) is 7.24. The molecule has 1 unspecified atom stereocenters. The Kier molecular flexibility index (Phi) is 5.62. The monoisotopic (exact) mass is 274 g/mol. The van der Waals surface area contributed by atoms with E-state index >= 15 is 0 Å². The molecule has 2 heteroatoms. The Morgan fingerprint density at radius 1 is 1.25 bits per heavy atom. The molecule has 0 radical (unpaired) electrons. The molecule has 0 heterocycles. The first-order chi connectivity index (χ1) is 9.60. The number of hydrogen-bond acceptors (Lipinski definition) is 2. The van der Waals surface area contributed by atoms with Crippen LogP contribution in [0, 0.1) is 6.92 Å². The predicted molar refractivity (Wildman–Crippen MR) is 87.3 cm³/mol. The van der Waals surface area contributed by atoms with Gasteiger partial charge in [0.15, 0.2) is 0 Å². The van der Waals surface area contributed by atoms with E-state index in [1.54, 1.807) is 0 Å². The van der Waals surface area contributed by atoms with Crippen molar-refractivity contribution in [2.75, 3.05) is 20.1 Å². The van der Waals surface area contributed by atoms with Gasteiger partial charge >= 0.3 is 0 Å². The molecule has 1 atom stereocenters. The fourth-order valence-electron chi connectivity index (χ4n) is 2.87. The van der Waals surface area contributed by atoms with Crippen molar-refractivity contribution in [3.05, 3.63) is 35.4 Å². The molecule has 0 spiro atoms. The Labute approximate surface area is 124 Å². The molecular formula is C18H30N2. The predicted octanol–water partition coefficient (Wildman–Crippen LogP) is 3.56. The molecule has 1 fully saturated rings. The van der Waals surface area contributed by atoms with Crippen molar-refractivity contribution in [2.45, 2.75) is 58.0 Å². The summed E-state index contributed by atoms with van der Waals surface area (Å²) in [5, 5.41) is 3.70. The maximum atomic E-state index is 3.70. The molecule has 1 aromatic rings. The van der Waals surface area contributed by atoms with Gasteiger partial charge in [0, 0.05) is 25.2 Å². The summed E-state index contributed by atoms with van der Waals surface area (Å²) in [6.07, 6.45) is 3.83. The Morgan fingerprint density at radius 3 is 2.50 bits per heavy atom. The topological polar surface area (TPSA) is 15.3 Å². The van der Waals surface area contributed by atoms with Crippen LogP contribution in [-0.4, -0.2) is 37.1 Å². The van der Waals surface area contributed by atoms with Crippen molar-refractivity contribution < 1.29 is 0 Å². The lowest BCUT2D eigenvalue weighted by atomic mass is 9.76. The molecule has 0 saturated heterocycles. The molecule has 0 bridgehead atoms. The normalized spacial score (nSPS) is 23.6. The molecule has 2 nitrogen and oxygen atoms in total. The fourth-order valence-corrected chi connectivity index (χ4v) is 2.87. The number of likely N-dealkylation sites (N-methyl/N-ethyl adjacent to an activating group) is 1. The van der Waals surface area contributed by atoms with E-state index in [1.807, 2.05) is 0 Å². The van der Waals surface area contributed by atoms with Gasteiger partial charge in [0.2, 0.25) is 0 Å². The van der Waals surface area contributed by atoms with Gasteiger partial charge in [-0.25, -0.2) is 0 Å². The standard InChI is InChI=1S/C18H30N2/c1-5-15(3)20(4)11-10-19-18-12-17(13-18)16-8-6-14(2)7-9-16/h6-9,15,17-19H,5,10-13H2,1-4H3. The highest BCUT2D eigenvalue weighted by Crippen LogP contribution is 2.36. The second-order valence-corrected chi connectivity index (χ2v) is 6.47. The van der Waals surface area contributed by atoms with Crippen LogP contribution in [0.25, 0.3) is 0 Å². The Bertz CT molecular complexity index is 392. The van der Waals surface area contributed by atoms with E-state index in [2.05, 4.69) is 62.3 Å². The van der Waals surface area contributed by atoms with Crippen molar-refractivity contribution in [1.82, 2.24) is 10.2 Å². The average molecular weight is 274 g/mol. The third-order valence-electron chi connectivity index (χ3n) is 4.93. The first-order valence-electron chi connectivity index (χ1n) is 8.10. The molecule has 20 heavy (non-hydrogen) atoms. The summed E-state index contributed by atoms with van der Waals surface area (Å²) in [5.41, 5.74) is 2.88. The summed E-state index contributed by atoms with van der Waals surface area (Å²) in [6.45, 7) is 8.99. The average Bonchev–Trinajstić information content (AvgIpc) is 2.41. The van der Waals surface area contributed by atoms with Gasteiger partial charge in [-0.3, -0.25) is 0 Å². The highest BCUT2D eigenvalue weighted by Gasteiger charge is 2.29. The largest absolute Gasteiger partial charge is 0.313 e. The van der Waals surface area contributed by atoms with Crippen LogP contribution in [0.5, 0.6) is 0 Å². The Balaban J connectivity index is 1.63.